The molecule has 1 N–H and O–H groups in total. The van der Waals surface area contributed by atoms with Crippen molar-refractivity contribution in [3.8, 4) is 5.75 Å². The Balaban J connectivity index is 1.56. The predicted molar refractivity (Wildman–Crippen MR) is 117 cm³/mol. The van der Waals surface area contributed by atoms with Crippen LogP contribution in [0.25, 0.3) is 0 Å². The van der Waals surface area contributed by atoms with Crippen molar-refractivity contribution in [3.05, 3.63) is 65.7 Å². The summed E-state index contributed by atoms with van der Waals surface area (Å²) in [7, 11) is 1.59. The van der Waals surface area contributed by atoms with E-state index >= 15 is 0 Å². The van der Waals surface area contributed by atoms with Crippen molar-refractivity contribution >= 4 is 11.8 Å². The molecular weight excluding hydrogens is 378 g/mol. The summed E-state index contributed by atoms with van der Waals surface area (Å²) >= 11 is 0. The number of nitrogens with zero attached hydrogens (tertiary/aromatic N) is 2. The molecule has 0 aliphatic carbocycles. The Hall–Kier alpha value is -2.86. The van der Waals surface area contributed by atoms with Gasteiger partial charge in [-0.15, -0.1) is 0 Å². The first-order chi connectivity index (χ1) is 14.5. The van der Waals surface area contributed by atoms with E-state index in [1.54, 1.807) is 31.4 Å². The zero-order valence-electron chi connectivity index (χ0n) is 18.0. The number of rotatable bonds is 7. The van der Waals surface area contributed by atoms with Gasteiger partial charge in [0.2, 0.25) is 5.91 Å². The number of hydrogen-bond acceptors (Lipinski definition) is 4. The summed E-state index contributed by atoms with van der Waals surface area (Å²) in [6.45, 7) is 7.83. The lowest BCUT2D eigenvalue weighted by atomic mass is 10.0. The third kappa shape index (κ3) is 5.60. The van der Waals surface area contributed by atoms with Crippen LogP contribution in [0.1, 0.15) is 29.8 Å². The van der Waals surface area contributed by atoms with Crippen LogP contribution < -0.4 is 10.1 Å². The Labute approximate surface area is 178 Å². The van der Waals surface area contributed by atoms with Gasteiger partial charge in [0.25, 0.3) is 5.91 Å². The van der Waals surface area contributed by atoms with Crippen LogP contribution in [0, 0.1) is 5.92 Å². The zero-order valence-corrected chi connectivity index (χ0v) is 18.0. The molecule has 2 amide bonds. The maximum absolute atomic E-state index is 13.1. The summed E-state index contributed by atoms with van der Waals surface area (Å²) in [5, 5.41) is 2.93. The molecule has 160 valence electrons. The van der Waals surface area contributed by atoms with E-state index in [9.17, 15) is 9.59 Å². The van der Waals surface area contributed by atoms with Crippen LogP contribution in [0.4, 0.5) is 0 Å². The molecule has 6 heteroatoms. The van der Waals surface area contributed by atoms with E-state index in [4.69, 9.17) is 4.74 Å². The number of methoxy groups -OCH3 is 1. The lowest BCUT2D eigenvalue weighted by Crippen LogP contribution is -2.56. The van der Waals surface area contributed by atoms with E-state index < -0.39 is 6.04 Å². The highest BCUT2D eigenvalue weighted by atomic mass is 16.5. The third-order valence-electron chi connectivity index (χ3n) is 5.50. The van der Waals surface area contributed by atoms with Gasteiger partial charge in [0.15, 0.2) is 0 Å². The van der Waals surface area contributed by atoms with Gasteiger partial charge in [-0.25, -0.2) is 0 Å². The fraction of sp³-hybridized carbons (Fsp3) is 0.417. The first-order valence-electron chi connectivity index (χ1n) is 10.5. The molecule has 0 saturated carbocycles. The SMILES string of the molecule is COc1ccc(C(=O)NC(C(=O)N2CCN(Cc3ccccc3)CC2)C(C)C)cc1. The quantitative estimate of drug-likeness (QED) is 0.764. The monoisotopic (exact) mass is 409 g/mol. The van der Waals surface area contributed by atoms with Gasteiger partial charge in [0.1, 0.15) is 11.8 Å². The predicted octanol–water partition coefficient (Wildman–Crippen LogP) is 2.79. The molecule has 0 aromatic heterocycles. The molecular formula is C24H31N3O3. The number of hydrogen-bond donors (Lipinski definition) is 1. The van der Waals surface area contributed by atoms with Gasteiger partial charge in [0.05, 0.1) is 7.11 Å². The van der Waals surface area contributed by atoms with Gasteiger partial charge in [-0.3, -0.25) is 14.5 Å². The second-order valence-corrected chi connectivity index (χ2v) is 8.01. The van der Waals surface area contributed by atoms with Gasteiger partial charge < -0.3 is 15.0 Å². The van der Waals surface area contributed by atoms with E-state index in [1.165, 1.54) is 5.56 Å². The second kappa shape index (κ2) is 10.3. The standard InChI is InChI=1S/C24H31N3O3/c1-18(2)22(25-23(28)20-9-11-21(30-3)12-10-20)24(29)27-15-13-26(14-16-27)17-19-7-5-4-6-8-19/h4-12,18,22H,13-17H2,1-3H3,(H,25,28). The van der Waals surface area contributed by atoms with E-state index in [0.717, 1.165) is 19.6 Å². The van der Waals surface area contributed by atoms with Crippen LogP contribution in [0.5, 0.6) is 5.75 Å². The van der Waals surface area contributed by atoms with E-state index in [1.807, 2.05) is 36.9 Å². The van der Waals surface area contributed by atoms with E-state index in [-0.39, 0.29) is 17.7 Å². The first-order valence-corrected chi connectivity index (χ1v) is 10.5. The zero-order chi connectivity index (χ0) is 21.5. The molecule has 1 fully saturated rings. The van der Waals surface area contributed by atoms with Gasteiger partial charge in [-0.1, -0.05) is 44.2 Å². The van der Waals surface area contributed by atoms with Crippen LogP contribution in [0.15, 0.2) is 54.6 Å². The Kier molecular flexibility index (Phi) is 7.46. The van der Waals surface area contributed by atoms with Crippen molar-refractivity contribution in [2.45, 2.75) is 26.4 Å². The summed E-state index contributed by atoms with van der Waals surface area (Å²) in [4.78, 5) is 30.1. The fourth-order valence-electron chi connectivity index (χ4n) is 3.65. The third-order valence-corrected chi connectivity index (χ3v) is 5.50. The Morgan fingerprint density at radius 2 is 1.60 bits per heavy atom. The lowest BCUT2D eigenvalue weighted by molar-refractivity contribution is -0.136. The maximum atomic E-state index is 13.1. The molecule has 0 radical (unpaired) electrons. The molecule has 1 saturated heterocycles. The minimum Gasteiger partial charge on any atom is -0.497 e. The van der Waals surface area contributed by atoms with Crippen LogP contribution in [-0.2, 0) is 11.3 Å². The average Bonchev–Trinajstić information content (AvgIpc) is 2.78. The van der Waals surface area contributed by atoms with Crippen LogP contribution in [-0.4, -0.2) is 60.9 Å². The van der Waals surface area contributed by atoms with E-state index in [0.29, 0.717) is 24.4 Å². The maximum Gasteiger partial charge on any atom is 0.251 e. The van der Waals surface area contributed by atoms with Gasteiger partial charge >= 0.3 is 0 Å². The molecule has 1 heterocycles. The molecule has 2 aromatic rings. The number of carbonyl (C=O) groups is 2. The summed E-state index contributed by atoms with van der Waals surface area (Å²) in [5.74, 6) is 0.442. The van der Waals surface area contributed by atoms with Crippen molar-refractivity contribution in [2.75, 3.05) is 33.3 Å². The average molecular weight is 410 g/mol. The molecule has 0 bridgehead atoms. The minimum atomic E-state index is -0.541. The van der Waals surface area contributed by atoms with Gasteiger partial charge in [-0.2, -0.15) is 0 Å². The van der Waals surface area contributed by atoms with Crippen LogP contribution in [0.3, 0.4) is 0 Å². The number of piperazine rings is 1. The minimum absolute atomic E-state index is 0.00190. The topological polar surface area (TPSA) is 61.9 Å². The Morgan fingerprint density at radius 1 is 0.967 bits per heavy atom. The number of ether oxygens (including phenoxy) is 1. The summed E-state index contributed by atoms with van der Waals surface area (Å²) in [5.41, 5.74) is 1.80. The number of carbonyl (C=O) groups excluding carboxylic acids is 2. The highest BCUT2D eigenvalue weighted by Gasteiger charge is 2.31. The molecule has 1 aliphatic rings. The Bertz CT molecular complexity index is 829. The highest BCUT2D eigenvalue weighted by molar-refractivity contribution is 5.97. The fourth-order valence-corrected chi connectivity index (χ4v) is 3.65. The largest absolute Gasteiger partial charge is 0.497 e. The summed E-state index contributed by atoms with van der Waals surface area (Å²) in [6, 6.07) is 16.7. The number of nitrogens with one attached hydrogen (secondary N) is 1. The van der Waals surface area contributed by atoms with Crippen molar-refractivity contribution < 1.29 is 14.3 Å². The summed E-state index contributed by atoms with van der Waals surface area (Å²) in [6.07, 6.45) is 0. The van der Waals surface area contributed by atoms with Gasteiger partial charge in [-0.05, 0) is 35.7 Å². The molecule has 30 heavy (non-hydrogen) atoms. The van der Waals surface area contributed by atoms with Crippen molar-refractivity contribution in [3.63, 3.8) is 0 Å². The van der Waals surface area contributed by atoms with Crippen molar-refractivity contribution in [1.82, 2.24) is 15.1 Å². The number of amides is 2. The molecule has 3 rings (SSSR count). The van der Waals surface area contributed by atoms with Crippen LogP contribution >= 0.6 is 0 Å². The highest BCUT2D eigenvalue weighted by Crippen LogP contribution is 2.15. The molecule has 6 nitrogen and oxygen atoms in total. The molecule has 1 atom stereocenters. The van der Waals surface area contributed by atoms with Gasteiger partial charge in [0, 0.05) is 38.3 Å². The Morgan fingerprint density at radius 3 is 2.17 bits per heavy atom. The molecule has 0 spiro atoms. The van der Waals surface area contributed by atoms with Crippen LogP contribution in [0.2, 0.25) is 0 Å². The van der Waals surface area contributed by atoms with Crippen molar-refractivity contribution in [2.24, 2.45) is 5.92 Å². The van der Waals surface area contributed by atoms with Crippen molar-refractivity contribution in [1.29, 1.82) is 0 Å². The number of benzene rings is 2. The molecule has 1 unspecified atom stereocenters. The molecule has 1 aliphatic heterocycles. The normalized spacial score (nSPS) is 15.7. The second-order valence-electron chi connectivity index (χ2n) is 8.01. The molecule has 2 aromatic carbocycles. The first kappa shape index (κ1) is 21.8. The summed E-state index contributed by atoms with van der Waals surface area (Å²) < 4.78 is 5.14. The smallest absolute Gasteiger partial charge is 0.251 e. The van der Waals surface area contributed by atoms with E-state index in [2.05, 4.69) is 22.3 Å². The lowest BCUT2D eigenvalue weighted by Gasteiger charge is -2.37.